The second-order valence-electron chi connectivity index (χ2n) is 12.8. The van der Waals surface area contributed by atoms with Gasteiger partial charge in [0.05, 0.1) is 5.41 Å². The Kier molecular flexibility index (Phi) is 7.15. The van der Waals surface area contributed by atoms with E-state index < -0.39 is 0 Å². The summed E-state index contributed by atoms with van der Waals surface area (Å²) in [5.74, 6) is 0.363. The minimum atomic E-state index is -0.300. The lowest BCUT2D eigenvalue weighted by Crippen LogP contribution is -2.27. The molecule has 1 unspecified atom stereocenters. The molecule has 0 bridgehead atoms. The van der Waals surface area contributed by atoms with Crippen molar-refractivity contribution in [2.45, 2.75) is 38.0 Å². The van der Waals surface area contributed by atoms with Crippen LogP contribution in [0.5, 0.6) is 0 Å². The van der Waals surface area contributed by atoms with Crippen LogP contribution in [0.4, 0.5) is 0 Å². The molecule has 0 saturated carbocycles. The van der Waals surface area contributed by atoms with Gasteiger partial charge in [0.1, 0.15) is 0 Å². The van der Waals surface area contributed by atoms with E-state index in [9.17, 15) is 0 Å². The molecule has 1 atom stereocenters. The van der Waals surface area contributed by atoms with Crippen LogP contribution < -0.4 is 0 Å². The molecule has 1 spiro atoms. The molecule has 0 radical (unpaired) electrons. The first-order valence-corrected chi connectivity index (χ1v) is 16.5. The van der Waals surface area contributed by atoms with Gasteiger partial charge in [0.2, 0.25) is 0 Å². The van der Waals surface area contributed by atoms with Crippen molar-refractivity contribution in [2.24, 2.45) is 0 Å². The fourth-order valence-corrected chi connectivity index (χ4v) is 8.13. The second-order valence-corrected chi connectivity index (χ2v) is 12.8. The molecule has 3 aliphatic rings. The van der Waals surface area contributed by atoms with E-state index in [4.69, 9.17) is 0 Å². The van der Waals surface area contributed by atoms with E-state index in [0.717, 1.165) is 12.8 Å². The van der Waals surface area contributed by atoms with Crippen molar-refractivity contribution >= 4 is 11.6 Å². The number of allylic oxidation sites excluding steroid dienone is 9. The van der Waals surface area contributed by atoms with Crippen molar-refractivity contribution in [1.29, 1.82) is 0 Å². The van der Waals surface area contributed by atoms with Crippen molar-refractivity contribution in [2.75, 3.05) is 0 Å². The average Bonchev–Trinajstić information content (AvgIpc) is 3.56. The Hall–Kier alpha value is -5.20. The van der Waals surface area contributed by atoms with E-state index in [0.29, 0.717) is 5.92 Å². The van der Waals surface area contributed by atoms with Crippen LogP contribution >= 0.6 is 0 Å². The maximum atomic E-state index is 2.57. The zero-order valence-electron chi connectivity index (χ0n) is 26.6. The molecule has 222 valence electrons. The Balaban J connectivity index is 1.30. The van der Waals surface area contributed by atoms with Crippen LogP contribution in [0.25, 0.3) is 22.8 Å². The Bertz CT molecular complexity index is 2070. The average molecular weight is 591 g/mol. The quantitative estimate of drug-likeness (QED) is 0.173. The maximum absolute atomic E-state index is 2.57. The SMILES string of the molecule is C/C=C/C=C(\C=C/c1ccc2c(c1)C1(C3=CC(Cc4ccccc4C)=CCC32)c2ccccc2-c2ccccc21)c1ccccc1. The summed E-state index contributed by atoms with van der Waals surface area (Å²) >= 11 is 0. The summed E-state index contributed by atoms with van der Waals surface area (Å²) in [6.45, 7) is 4.30. The summed E-state index contributed by atoms with van der Waals surface area (Å²) in [6, 6.07) is 45.0. The molecule has 0 aromatic heterocycles. The fraction of sp³-hybridized carbons (Fsp3) is 0.130. The zero-order chi connectivity index (χ0) is 31.1. The highest BCUT2D eigenvalue weighted by Crippen LogP contribution is 2.65. The molecule has 8 rings (SSSR count). The molecular weight excluding hydrogens is 553 g/mol. The molecule has 0 N–H and O–H groups in total. The summed E-state index contributed by atoms with van der Waals surface area (Å²) in [4.78, 5) is 0. The topological polar surface area (TPSA) is 0 Å². The van der Waals surface area contributed by atoms with Gasteiger partial charge in [0.25, 0.3) is 0 Å². The predicted molar refractivity (Wildman–Crippen MR) is 195 cm³/mol. The first-order chi connectivity index (χ1) is 22.7. The van der Waals surface area contributed by atoms with Crippen LogP contribution in [-0.2, 0) is 11.8 Å². The summed E-state index contributed by atoms with van der Waals surface area (Å²) in [5.41, 5.74) is 17.5. The molecule has 0 aliphatic heterocycles. The molecule has 5 aromatic carbocycles. The van der Waals surface area contributed by atoms with E-state index in [1.54, 1.807) is 0 Å². The molecule has 0 heterocycles. The third-order valence-corrected chi connectivity index (χ3v) is 10.3. The van der Waals surface area contributed by atoms with Gasteiger partial charge in [-0.15, -0.1) is 0 Å². The first-order valence-electron chi connectivity index (χ1n) is 16.5. The van der Waals surface area contributed by atoms with Gasteiger partial charge < -0.3 is 0 Å². The van der Waals surface area contributed by atoms with Crippen molar-refractivity contribution in [1.82, 2.24) is 0 Å². The number of hydrogen-bond donors (Lipinski definition) is 0. The number of rotatable bonds is 6. The van der Waals surface area contributed by atoms with Crippen LogP contribution in [0, 0.1) is 6.92 Å². The minimum absolute atomic E-state index is 0.300. The van der Waals surface area contributed by atoms with Crippen LogP contribution in [0.2, 0.25) is 0 Å². The van der Waals surface area contributed by atoms with Crippen LogP contribution in [0.3, 0.4) is 0 Å². The minimum Gasteiger partial charge on any atom is -0.0876 e. The van der Waals surface area contributed by atoms with Gasteiger partial charge in [0.15, 0.2) is 0 Å². The number of hydrogen-bond acceptors (Lipinski definition) is 0. The second kappa shape index (κ2) is 11.6. The molecular formula is C46H38. The molecule has 0 saturated heterocycles. The Morgan fingerprint density at radius 3 is 2.20 bits per heavy atom. The van der Waals surface area contributed by atoms with Crippen molar-refractivity contribution in [3.8, 4) is 11.1 Å². The van der Waals surface area contributed by atoms with E-state index in [1.807, 2.05) is 0 Å². The summed E-state index contributed by atoms with van der Waals surface area (Å²) in [5, 5.41) is 0. The molecule has 3 aliphatic carbocycles. The predicted octanol–water partition coefficient (Wildman–Crippen LogP) is 11.6. The molecule has 0 heteroatoms. The van der Waals surface area contributed by atoms with Gasteiger partial charge in [-0.05, 0) is 105 Å². The van der Waals surface area contributed by atoms with Gasteiger partial charge in [-0.25, -0.2) is 0 Å². The monoisotopic (exact) mass is 590 g/mol. The Morgan fingerprint density at radius 2 is 1.46 bits per heavy atom. The molecule has 0 fully saturated rings. The van der Waals surface area contributed by atoms with Gasteiger partial charge >= 0.3 is 0 Å². The highest BCUT2D eigenvalue weighted by molar-refractivity contribution is 5.89. The third kappa shape index (κ3) is 4.52. The number of benzene rings is 5. The third-order valence-electron chi connectivity index (χ3n) is 10.3. The van der Waals surface area contributed by atoms with E-state index in [-0.39, 0.29) is 5.41 Å². The van der Waals surface area contributed by atoms with Crippen molar-refractivity contribution in [3.63, 3.8) is 0 Å². The van der Waals surface area contributed by atoms with Gasteiger partial charge in [0, 0.05) is 5.92 Å². The van der Waals surface area contributed by atoms with E-state index >= 15 is 0 Å². The Labute approximate surface area is 273 Å². The number of aryl methyl sites for hydroxylation is 1. The van der Waals surface area contributed by atoms with E-state index in [1.165, 1.54) is 72.4 Å². The highest BCUT2D eigenvalue weighted by atomic mass is 14.6. The van der Waals surface area contributed by atoms with Crippen molar-refractivity contribution in [3.05, 3.63) is 213 Å². The normalized spacial score (nSPS) is 17.5. The molecule has 0 nitrogen and oxygen atoms in total. The fourth-order valence-electron chi connectivity index (χ4n) is 8.13. The molecule has 46 heavy (non-hydrogen) atoms. The lowest BCUT2D eigenvalue weighted by atomic mass is 9.68. The van der Waals surface area contributed by atoms with Crippen molar-refractivity contribution < 1.29 is 0 Å². The maximum Gasteiger partial charge on any atom is 0.0685 e. The zero-order valence-corrected chi connectivity index (χ0v) is 26.6. The van der Waals surface area contributed by atoms with Crippen LogP contribution in [0.15, 0.2) is 169 Å². The van der Waals surface area contributed by atoms with Gasteiger partial charge in [-0.3, -0.25) is 0 Å². The van der Waals surface area contributed by atoms with Crippen LogP contribution in [0.1, 0.15) is 63.8 Å². The standard InChI is InChI=1S/C46H38/c1-3-4-15-36(35-16-6-5-7-17-35)26-23-33-24-27-40-41-28-25-34(29-37-18-9-8-14-32(37)2)31-45(41)46(44(40)30-33)42-21-12-10-19-38(42)39-20-11-13-22-43(39)46/h3-27,30-31,41H,28-29H2,1-2H3/b4-3+,26-23-,36-15+. The molecule has 5 aromatic rings. The highest BCUT2D eigenvalue weighted by Gasteiger charge is 2.55. The lowest BCUT2D eigenvalue weighted by Gasteiger charge is -2.33. The summed E-state index contributed by atoms with van der Waals surface area (Å²) in [6.07, 6.45) is 18.0. The summed E-state index contributed by atoms with van der Waals surface area (Å²) < 4.78 is 0. The summed E-state index contributed by atoms with van der Waals surface area (Å²) in [7, 11) is 0. The van der Waals surface area contributed by atoms with Gasteiger partial charge in [-0.2, -0.15) is 0 Å². The van der Waals surface area contributed by atoms with Crippen LogP contribution in [-0.4, -0.2) is 0 Å². The van der Waals surface area contributed by atoms with E-state index in [2.05, 4.69) is 178 Å². The van der Waals surface area contributed by atoms with Gasteiger partial charge in [-0.1, -0.05) is 158 Å². The number of fused-ring (bicyclic) bond motifs is 10. The Morgan fingerprint density at radius 1 is 0.761 bits per heavy atom. The first kappa shape index (κ1) is 28.3. The lowest BCUT2D eigenvalue weighted by molar-refractivity contribution is 0.701. The smallest absolute Gasteiger partial charge is 0.0685 e. The largest absolute Gasteiger partial charge is 0.0876 e. The molecule has 0 amide bonds.